The lowest BCUT2D eigenvalue weighted by atomic mass is 10.0. The third kappa shape index (κ3) is 4.98. The van der Waals surface area contributed by atoms with E-state index in [-0.39, 0.29) is 34.9 Å². The van der Waals surface area contributed by atoms with Crippen LogP contribution in [0.3, 0.4) is 0 Å². The molecular formula is C18H15F6N7. The molecule has 0 aromatic carbocycles. The average Bonchev–Trinajstić information content (AvgIpc) is 2.66. The second kappa shape index (κ2) is 7.96. The lowest BCUT2D eigenvalue weighted by Crippen LogP contribution is -2.12. The van der Waals surface area contributed by atoms with Crippen LogP contribution in [0.1, 0.15) is 36.7 Å². The number of aromatic nitrogens is 5. The van der Waals surface area contributed by atoms with Gasteiger partial charge in [-0.15, -0.1) is 0 Å². The monoisotopic (exact) mass is 443 g/mol. The number of alkyl halides is 6. The predicted octanol–water partition coefficient (Wildman–Crippen LogP) is 4.82. The maximum absolute atomic E-state index is 13.0. The van der Waals surface area contributed by atoms with Gasteiger partial charge in [0.15, 0.2) is 5.82 Å². The Morgan fingerprint density at radius 2 is 1.58 bits per heavy atom. The standard InChI is InChI=1S/C18H15F6N7/c1-8(2)13-14(25)30-15(9-4-3-5-10(28-9)17(19,20)21)31-16(13)29-12-6-11(18(22,23)24)26-7-27-12/h3-8H,1-2H3,(H3,25,26,27,29,30,31). The van der Waals surface area contributed by atoms with Gasteiger partial charge in [-0.1, -0.05) is 19.9 Å². The highest BCUT2D eigenvalue weighted by atomic mass is 19.4. The average molecular weight is 443 g/mol. The van der Waals surface area contributed by atoms with E-state index < -0.39 is 23.7 Å². The largest absolute Gasteiger partial charge is 0.433 e. The highest BCUT2D eigenvalue weighted by Gasteiger charge is 2.34. The normalized spacial score (nSPS) is 12.3. The second-order valence-corrected chi connectivity index (χ2v) is 6.67. The molecule has 3 rings (SSSR count). The summed E-state index contributed by atoms with van der Waals surface area (Å²) in [5.41, 5.74) is 3.79. The quantitative estimate of drug-likeness (QED) is 0.558. The first-order chi connectivity index (χ1) is 14.4. The van der Waals surface area contributed by atoms with Gasteiger partial charge in [-0.2, -0.15) is 26.3 Å². The maximum Gasteiger partial charge on any atom is 0.433 e. The van der Waals surface area contributed by atoms with E-state index in [0.29, 0.717) is 11.6 Å². The van der Waals surface area contributed by atoms with Crippen molar-refractivity contribution >= 4 is 17.5 Å². The van der Waals surface area contributed by atoms with Crippen molar-refractivity contribution in [3.63, 3.8) is 0 Å². The number of hydrogen-bond acceptors (Lipinski definition) is 7. The van der Waals surface area contributed by atoms with Gasteiger partial charge in [0.05, 0.1) is 0 Å². The van der Waals surface area contributed by atoms with Crippen molar-refractivity contribution in [2.45, 2.75) is 32.1 Å². The number of pyridine rings is 1. The lowest BCUT2D eigenvalue weighted by Gasteiger charge is -2.17. The van der Waals surface area contributed by atoms with Crippen LogP contribution in [0.4, 0.5) is 43.8 Å². The Hall–Kier alpha value is -3.51. The molecule has 0 aliphatic rings. The van der Waals surface area contributed by atoms with Gasteiger partial charge in [-0.25, -0.2) is 24.9 Å². The molecule has 0 atom stereocenters. The van der Waals surface area contributed by atoms with Crippen molar-refractivity contribution in [3.8, 4) is 11.5 Å². The van der Waals surface area contributed by atoms with E-state index in [1.807, 2.05) is 0 Å². The van der Waals surface area contributed by atoms with Crippen LogP contribution in [0.25, 0.3) is 11.5 Å². The van der Waals surface area contributed by atoms with E-state index in [9.17, 15) is 26.3 Å². The lowest BCUT2D eigenvalue weighted by molar-refractivity contribution is -0.141. The van der Waals surface area contributed by atoms with Crippen LogP contribution in [-0.2, 0) is 12.4 Å². The Balaban J connectivity index is 2.10. The number of nitrogens with zero attached hydrogens (tertiary/aromatic N) is 5. The number of rotatable bonds is 4. The smallest absolute Gasteiger partial charge is 0.383 e. The predicted molar refractivity (Wildman–Crippen MR) is 99.1 cm³/mol. The first-order valence-electron chi connectivity index (χ1n) is 8.74. The highest BCUT2D eigenvalue weighted by molar-refractivity contribution is 5.67. The number of anilines is 3. The summed E-state index contributed by atoms with van der Waals surface area (Å²) in [5.74, 6) is -0.809. The van der Waals surface area contributed by atoms with Crippen molar-refractivity contribution in [2.24, 2.45) is 0 Å². The summed E-state index contributed by atoms with van der Waals surface area (Å²) in [6.45, 7) is 3.48. The van der Waals surface area contributed by atoms with Gasteiger partial charge >= 0.3 is 12.4 Å². The molecule has 0 spiro atoms. The summed E-state index contributed by atoms with van der Waals surface area (Å²) in [6, 6.07) is 3.85. The Labute approximate surface area is 171 Å². The first kappa shape index (κ1) is 22.2. The second-order valence-electron chi connectivity index (χ2n) is 6.67. The van der Waals surface area contributed by atoms with Crippen LogP contribution in [0.5, 0.6) is 0 Å². The molecular weight excluding hydrogens is 428 g/mol. The molecule has 0 unspecified atom stereocenters. The minimum atomic E-state index is -4.70. The number of halogens is 6. The zero-order valence-corrected chi connectivity index (χ0v) is 16.0. The summed E-state index contributed by atoms with van der Waals surface area (Å²) in [4.78, 5) is 18.6. The molecule has 0 saturated carbocycles. The number of nitrogen functional groups attached to an aromatic ring is 1. The third-order valence-electron chi connectivity index (χ3n) is 4.03. The third-order valence-corrected chi connectivity index (χ3v) is 4.03. The minimum Gasteiger partial charge on any atom is -0.383 e. The maximum atomic E-state index is 13.0. The summed E-state index contributed by atoms with van der Waals surface area (Å²) in [6.07, 6.45) is -8.66. The van der Waals surface area contributed by atoms with Gasteiger partial charge < -0.3 is 11.1 Å². The van der Waals surface area contributed by atoms with Gasteiger partial charge in [0.2, 0.25) is 0 Å². The summed E-state index contributed by atoms with van der Waals surface area (Å²) < 4.78 is 77.8. The van der Waals surface area contributed by atoms with E-state index in [1.165, 1.54) is 6.07 Å². The van der Waals surface area contributed by atoms with Crippen molar-refractivity contribution in [1.29, 1.82) is 0 Å². The van der Waals surface area contributed by atoms with Crippen LogP contribution in [-0.4, -0.2) is 24.9 Å². The van der Waals surface area contributed by atoms with Gasteiger partial charge in [0.1, 0.15) is 40.9 Å². The van der Waals surface area contributed by atoms with Crippen molar-refractivity contribution in [3.05, 3.63) is 47.5 Å². The Bertz CT molecular complexity index is 1100. The molecule has 0 bridgehead atoms. The zero-order valence-electron chi connectivity index (χ0n) is 16.0. The number of hydrogen-bond donors (Lipinski definition) is 2. The van der Waals surface area contributed by atoms with Gasteiger partial charge in [-0.05, 0) is 18.1 Å². The molecule has 0 aliphatic heterocycles. The number of nitrogens with two attached hydrogens (primary N) is 1. The molecule has 31 heavy (non-hydrogen) atoms. The molecule has 0 fully saturated rings. The van der Waals surface area contributed by atoms with Crippen LogP contribution >= 0.6 is 0 Å². The SMILES string of the molecule is CC(C)c1c(N)nc(-c2cccc(C(F)(F)F)n2)nc1Nc1cc(C(F)(F)F)ncn1. The Morgan fingerprint density at radius 1 is 0.903 bits per heavy atom. The topological polar surface area (TPSA) is 102 Å². The molecule has 7 nitrogen and oxygen atoms in total. The molecule has 0 radical (unpaired) electrons. The fraction of sp³-hybridized carbons (Fsp3) is 0.278. The fourth-order valence-electron chi connectivity index (χ4n) is 2.68. The Morgan fingerprint density at radius 3 is 2.19 bits per heavy atom. The molecule has 0 saturated heterocycles. The summed E-state index contributed by atoms with van der Waals surface area (Å²) in [5, 5.41) is 2.63. The fourth-order valence-corrected chi connectivity index (χ4v) is 2.68. The Kier molecular flexibility index (Phi) is 5.70. The zero-order chi connectivity index (χ0) is 23.0. The molecule has 13 heteroatoms. The van der Waals surface area contributed by atoms with Crippen LogP contribution < -0.4 is 11.1 Å². The number of nitrogens with one attached hydrogen (secondary N) is 1. The van der Waals surface area contributed by atoms with Crippen molar-refractivity contribution in [2.75, 3.05) is 11.1 Å². The summed E-state index contributed by atoms with van der Waals surface area (Å²) >= 11 is 0. The van der Waals surface area contributed by atoms with Gasteiger partial charge in [-0.3, -0.25) is 0 Å². The van der Waals surface area contributed by atoms with Crippen LogP contribution in [0.15, 0.2) is 30.6 Å². The molecule has 3 aromatic heterocycles. The van der Waals surface area contributed by atoms with Gasteiger partial charge in [0.25, 0.3) is 0 Å². The summed E-state index contributed by atoms with van der Waals surface area (Å²) in [7, 11) is 0. The van der Waals surface area contributed by atoms with Crippen molar-refractivity contribution in [1.82, 2.24) is 24.9 Å². The molecule has 3 aromatic rings. The first-order valence-corrected chi connectivity index (χ1v) is 8.74. The van der Waals surface area contributed by atoms with Gasteiger partial charge in [0, 0.05) is 11.6 Å². The molecule has 0 amide bonds. The molecule has 164 valence electrons. The molecule has 3 heterocycles. The van der Waals surface area contributed by atoms with E-state index in [0.717, 1.165) is 18.5 Å². The highest BCUT2D eigenvalue weighted by Crippen LogP contribution is 2.34. The van der Waals surface area contributed by atoms with Crippen LogP contribution in [0.2, 0.25) is 0 Å². The van der Waals surface area contributed by atoms with E-state index in [1.54, 1.807) is 13.8 Å². The minimum absolute atomic E-state index is 0.0106. The van der Waals surface area contributed by atoms with E-state index >= 15 is 0 Å². The molecule has 0 aliphatic carbocycles. The van der Waals surface area contributed by atoms with Crippen molar-refractivity contribution < 1.29 is 26.3 Å². The van der Waals surface area contributed by atoms with E-state index in [4.69, 9.17) is 5.73 Å². The van der Waals surface area contributed by atoms with E-state index in [2.05, 4.69) is 30.2 Å². The van der Waals surface area contributed by atoms with Crippen LogP contribution in [0, 0.1) is 0 Å². The molecule has 3 N–H and O–H groups in total.